The number of hydrogen-bond donors (Lipinski definition) is 0. The number of carbonyl (C=O) groups is 1. The Morgan fingerprint density at radius 2 is 1.89 bits per heavy atom. The number of halogens is 1. The Morgan fingerprint density at radius 3 is 2.56 bits per heavy atom. The van der Waals surface area contributed by atoms with Gasteiger partial charge in [0.25, 0.3) is 0 Å². The van der Waals surface area contributed by atoms with Gasteiger partial charge in [0, 0.05) is 12.1 Å². The van der Waals surface area contributed by atoms with Gasteiger partial charge in [0.15, 0.2) is 5.13 Å². The van der Waals surface area contributed by atoms with Gasteiger partial charge in [-0.2, -0.15) is 0 Å². The summed E-state index contributed by atoms with van der Waals surface area (Å²) in [7, 11) is 1.94. The lowest BCUT2D eigenvalue weighted by molar-refractivity contribution is 0.0516. The monoisotopic (exact) mass is 402 g/mol. The first-order valence-corrected chi connectivity index (χ1v) is 9.98. The van der Waals surface area contributed by atoms with E-state index >= 15 is 0 Å². The van der Waals surface area contributed by atoms with Crippen LogP contribution in [0.25, 0.3) is 10.2 Å². The van der Waals surface area contributed by atoms with Gasteiger partial charge in [0.2, 0.25) is 0 Å². The topological polar surface area (TPSA) is 42.4 Å². The number of hydrogen-bond acceptors (Lipinski definition) is 5. The largest absolute Gasteiger partial charge is 0.460 e. The fraction of sp³-hybridized carbons (Fsp3) is 0.333. The molecule has 0 unspecified atom stereocenters. The number of rotatable bonds is 5. The van der Waals surface area contributed by atoms with Gasteiger partial charge in [-0.3, -0.25) is 0 Å². The van der Waals surface area contributed by atoms with E-state index in [-0.39, 0.29) is 11.4 Å². The predicted octanol–water partition coefficient (Wildman–Crippen LogP) is 5.54. The van der Waals surface area contributed by atoms with Crippen molar-refractivity contribution in [1.29, 1.82) is 0 Å². The Bertz CT molecular complexity index is 945. The molecule has 1 heterocycles. The molecule has 6 heteroatoms. The number of fused-ring (bicyclic) bond motifs is 1. The molecule has 0 aliphatic heterocycles. The summed E-state index contributed by atoms with van der Waals surface area (Å²) in [5, 5.41) is 1.55. The molecule has 1 aromatic heterocycles. The van der Waals surface area contributed by atoms with Crippen molar-refractivity contribution >= 4 is 44.3 Å². The second-order valence-electron chi connectivity index (χ2n) is 7.49. The smallest absolute Gasteiger partial charge is 0.338 e. The first kappa shape index (κ1) is 19.6. The maximum atomic E-state index is 12.2. The third-order valence-corrected chi connectivity index (χ3v) is 5.70. The van der Waals surface area contributed by atoms with Crippen molar-refractivity contribution in [3.63, 3.8) is 0 Å². The summed E-state index contributed by atoms with van der Waals surface area (Å²) in [6.07, 6.45) is 0. The van der Waals surface area contributed by atoms with Gasteiger partial charge in [-0.15, -0.1) is 0 Å². The van der Waals surface area contributed by atoms with Crippen LogP contribution in [0.15, 0.2) is 42.5 Å². The van der Waals surface area contributed by atoms with Crippen LogP contribution in [0.4, 0.5) is 5.13 Å². The van der Waals surface area contributed by atoms with E-state index in [0.29, 0.717) is 23.7 Å². The van der Waals surface area contributed by atoms with Crippen LogP contribution < -0.4 is 4.90 Å². The number of aromatic nitrogens is 1. The molecule has 0 N–H and O–H groups in total. The lowest BCUT2D eigenvalue weighted by atomic mass is 9.87. The summed E-state index contributed by atoms with van der Waals surface area (Å²) in [6.45, 7) is 7.30. The summed E-state index contributed by atoms with van der Waals surface area (Å²) in [4.78, 5) is 18.8. The highest BCUT2D eigenvalue weighted by molar-refractivity contribution is 7.22. The molecule has 27 heavy (non-hydrogen) atoms. The van der Waals surface area contributed by atoms with Crippen LogP contribution in [0.3, 0.4) is 0 Å². The number of nitrogens with zero attached hydrogens (tertiary/aromatic N) is 2. The van der Waals surface area contributed by atoms with Crippen molar-refractivity contribution in [1.82, 2.24) is 4.98 Å². The number of esters is 1. The highest BCUT2D eigenvalue weighted by Crippen LogP contribution is 2.29. The van der Waals surface area contributed by atoms with E-state index in [0.717, 1.165) is 15.3 Å². The Labute approximate surface area is 168 Å². The number of benzene rings is 2. The molecule has 0 aliphatic rings. The molecule has 0 saturated carbocycles. The molecule has 0 aliphatic carbocycles. The zero-order valence-electron chi connectivity index (χ0n) is 16.0. The van der Waals surface area contributed by atoms with E-state index in [1.165, 1.54) is 5.56 Å². The SMILES string of the molecule is CN(CCOC(=O)c1ccc(C(C)(C)C)cc1)c1nc2cc(Cl)ccc2s1. The van der Waals surface area contributed by atoms with E-state index in [9.17, 15) is 4.79 Å². The fourth-order valence-electron chi connectivity index (χ4n) is 2.61. The first-order chi connectivity index (χ1) is 12.7. The number of anilines is 1. The first-order valence-electron chi connectivity index (χ1n) is 8.79. The van der Waals surface area contributed by atoms with Gasteiger partial charge < -0.3 is 9.64 Å². The lowest BCUT2D eigenvalue weighted by Crippen LogP contribution is -2.23. The van der Waals surface area contributed by atoms with E-state index in [1.54, 1.807) is 11.3 Å². The Morgan fingerprint density at radius 1 is 1.19 bits per heavy atom. The summed E-state index contributed by atoms with van der Waals surface area (Å²) >= 11 is 7.60. The van der Waals surface area contributed by atoms with E-state index in [2.05, 4.69) is 25.8 Å². The van der Waals surface area contributed by atoms with Crippen molar-refractivity contribution in [2.24, 2.45) is 0 Å². The zero-order valence-corrected chi connectivity index (χ0v) is 17.5. The number of carbonyl (C=O) groups excluding carboxylic acids is 1. The van der Waals surface area contributed by atoms with Crippen molar-refractivity contribution < 1.29 is 9.53 Å². The standard InChI is InChI=1S/C21H23ClN2O2S/c1-21(2,3)15-7-5-14(6-8-15)19(25)26-12-11-24(4)20-23-17-13-16(22)9-10-18(17)27-20/h5-10,13H,11-12H2,1-4H3. The second kappa shape index (κ2) is 7.87. The highest BCUT2D eigenvalue weighted by Gasteiger charge is 2.15. The average molecular weight is 403 g/mol. The number of likely N-dealkylation sites (N-methyl/N-ethyl adjacent to an activating group) is 1. The molecule has 0 saturated heterocycles. The van der Waals surface area contributed by atoms with Crippen molar-refractivity contribution in [2.75, 3.05) is 25.1 Å². The Kier molecular flexibility index (Phi) is 5.72. The predicted molar refractivity (Wildman–Crippen MR) is 113 cm³/mol. The van der Waals surface area contributed by atoms with Gasteiger partial charge in [-0.05, 0) is 41.3 Å². The van der Waals surface area contributed by atoms with Gasteiger partial charge >= 0.3 is 5.97 Å². The second-order valence-corrected chi connectivity index (χ2v) is 8.94. The van der Waals surface area contributed by atoms with Crippen LogP contribution >= 0.6 is 22.9 Å². The van der Waals surface area contributed by atoms with Crippen molar-refractivity contribution in [2.45, 2.75) is 26.2 Å². The van der Waals surface area contributed by atoms with Gasteiger partial charge in [0.1, 0.15) is 6.61 Å². The third-order valence-electron chi connectivity index (χ3n) is 4.31. The molecule has 2 aromatic carbocycles. The Hall–Kier alpha value is -2.11. The van der Waals surface area contributed by atoms with Crippen molar-refractivity contribution in [3.8, 4) is 0 Å². The summed E-state index contributed by atoms with van der Waals surface area (Å²) in [5.74, 6) is -0.306. The van der Waals surface area contributed by atoms with Crippen molar-refractivity contribution in [3.05, 3.63) is 58.6 Å². The van der Waals surface area contributed by atoms with Crippen LogP contribution in [0, 0.1) is 0 Å². The summed E-state index contributed by atoms with van der Waals surface area (Å²) < 4.78 is 6.49. The maximum absolute atomic E-state index is 12.2. The summed E-state index contributed by atoms with van der Waals surface area (Å²) in [6, 6.07) is 13.3. The molecule has 142 valence electrons. The molecular formula is C21H23ClN2O2S. The van der Waals surface area contributed by atoms with Crippen LogP contribution in [0.5, 0.6) is 0 Å². The Balaban J connectivity index is 1.55. The molecule has 0 radical (unpaired) electrons. The molecule has 0 amide bonds. The highest BCUT2D eigenvalue weighted by atomic mass is 35.5. The lowest BCUT2D eigenvalue weighted by Gasteiger charge is -2.19. The van der Waals surface area contributed by atoms with Gasteiger partial charge in [-0.1, -0.05) is 55.8 Å². The number of thiazole rings is 1. The number of ether oxygens (including phenoxy) is 1. The average Bonchev–Trinajstić information content (AvgIpc) is 3.04. The molecule has 0 atom stereocenters. The molecular weight excluding hydrogens is 380 g/mol. The van der Waals surface area contributed by atoms with E-state index < -0.39 is 0 Å². The maximum Gasteiger partial charge on any atom is 0.338 e. The molecule has 0 bridgehead atoms. The van der Waals surface area contributed by atoms with E-state index in [4.69, 9.17) is 16.3 Å². The molecule has 3 aromatic rings. The van der Waals surface area contributed by atoms with Gasteiger partial charge in [0.05, 0.1) is 22.3 Å². The minimum atomic E-state index is -0.306. The quantitative estimate of drug-likeness (QED) is 0.525. The van der Waals surface area contributed by atoms with Crippen LogP contribution in [0.2, 0.25) is 5.02 Å². The zero-order chi connectivity index (χ0) is 19.6. The van der Waals surface area contributed by atoms with E-state index in [1.807, 2.05) is 54.4 Å². The van der Waals surface area contributed by atoms with Gasteiger partial charge in [-0.25, -0.2) is 9.78 Å². The third kappa shape index (κ3) is 4.79. The van der Waals surface area contributed by atoms with Crippen LogP contribution in [-0.2, 0) is 10.2 Å². The minimum absolute atomic E-state index is 0.0621. The summed E-state index contributed by atoms with van der Waals surface area (Å²) in [5.41, 5.74) is 2.70. The molecule has 4 nitrogen and oxygen atoms in total. The van der Waals surface area contributed by atoms with Crippen LogP contribution in [-0.4, -0.2) is 31.2 Å². The normalized spacial score (nSPS) is 11.6. The minimum Gasteiger partial charge on any atom is -0.460 e. The fourth-order valence-corrected chi connectivity index (χ4v) is 3.71. The molecule has 3 rings (SSSR count). The molecule has 0 fully saturated rings. The van der Waals surface area contributed by atoms with Crippen LogP contribution in [0.1, 0.15) is 36.7 Å². The molecule has 0 spiro atoms.